The Morgan fingerprint density at radius 3 is 2.75 bits per heavy atom. The molecule has 2 aromatic rings. The molecule has 1 aliphatic carbocycles. The molecule has 6 heteroatoms. The molecule has 2 heterocycles. The van der Waals surface area contributed by atoms with Crippen LogP contribution in [0.25, 0.3) is 11.2 Å². The molecule has 0 spiro atoms. The fraction of sp³-hybridized carbons (Fsp3) is 0.400. The van der Waals surface area contributed by atoms with Gasteiger partial charge in [0, 0.05) is 5.92 Å². The number of fused-ring (bicyclic) bond motifs is 1. The maximum atomic E-state index is 9.24. The van der Waals surface area contributed by atoms with Crippen LogP contribution in [0.3, 0.4) is 0 Å². The van der Waals surface area contributed by atoms with E-state index < -0.39 is 0 Å². The maximum absolute atomic E-state index is 9.24. The number of rotatable bonds is 1. The summed E-state index contributed by atoms with van der Waals surface area (Å²) in [6.07, 6.45) is 1.31. The van der Waals surface area contributed by atoms with E-state index in [4.69, 9.17) is 23.2 Å². The summed E-state index contributed by atoms with van der Waals surface area (Å²) in [5.74, 6) is 1.15. The van der Waals surface area contributed by atoms with Crippen molar-refractivity contribution >= 4 is 34.4 Å². The molecule has 0 saturated heterocycles. The lowest BCUT2D eigenvalue weighted by molar-refractivity contribution is 0.0720. The van der Waals surface area contributed by atoms with Gasteiger partial charge >= 0.3 is 0 Å². The normalized spacial score (nSPS) is 24.7. The Balaban J connectivity index is 2.03. The highest BCUT2D eigenvalue weighted by Crippen LogP contribution is 2.36. The summed E-state index contributed by atoms with van der Waals surface area (Å²) < 4.78 is 0. The van der Waals surface area contributed by atoms with Crippen molar-refractivity contribution in [1.82, 2.24) is 15.0 Å². The Morgan fingerprint density at radius 2 is 2.06 bits per heavy atom. The molecule has 1 fully saturated rings. The molecule has 16 heavy (non-hydrogen) atoms. The number of pyridine rings is 1. The molecule has 84 valence electrons. The first-order valence-corrected chi connectivity index (χ1v) is 5.79. The Labute approximate surface area is 102 Å². The highest BCUT2D eigenvalue weighted by molar-refractivity contribution is 6.41. The van der Waals surface area contributed by atoms with Crippen molar-refractivity contribution in [3.8, 4) is 0 Å². The quantitative estimate of drug-likeness (QED) is 0.772. The van der Waals surface area contributed by atoms with Gasteiger partial charge in [-0.25, -0.2) is 9.97 Å². The number of imidazole rings is 1. The minimum Gasteiger partial charge on any atom is -0.393 e. The number of aromatic nitrogens is 3. The topological polar surface area (TPSA) is 61.8 Å². The fourth-order valence-electron chi connectivity index (χ4n) is 1.92. The number of hydrogen-bond acceptors (Lipinski definition) is 3. The van der Waals surface area contributed by atoms with E-state index in [0.29, 0.717) is 16.6 Å². The van der Waals surface area contributed by atoms with Crippen molar-refractivity contribution in [2.45, 2.75) is 24.9 Å². The van der Waals surface area contributed by atoms with Crippen molar-refractivity contribution < 1.29 is 5.11 Å². The van der Waals surface area contributed by atoms with Gasteiger partial charge in [0.1, 0.15) is 11.0 Å². The Bertz CT molecular complexity index is 509. The Kier molecular flexibility index (Phi) is 2.31. The molecule has 4 nitrogen and oxygen atoms in total. The summed E-state index contributed by atoms with van der Waals surface area (Å²) in [5.41, 5.74) is 1.36. The first-order chi connectivity index (χ1) is 7.63. The number of halogens is 2. The number of H-pyrrole nitrogens is 1. The zero-order valence-corrected chi connectivity index (χ0v) is 9.76. The molecule has 3 rings (SSSR count). The summed E-state index contributed by atoms with van der Waals surface area (Å²) in [7, 11) is 0. The largest absolute Gasteiger partial charge is 0.393 e. The van der Waals surface area contributed by atoms with Crippen LogP contribution in [0.5, 0.6) is 0 Å². The number of hydrogen-bond donors (Lipinski definition) is 2. The molecule has 1 aliphatic rings. The smallest absolute Gasteiger partial charge is 0.179 e. The van der Waals surface area contributed by atoms with E-state index in [9.17, 15) is 5.11 Å². The van der Waals surface area contributed by atoms with Crippen molar-refractivity contribution in [2.75, 3.05) is 0 Å². The zero-order valence-electron chi connectivity index (χ0n) is 8.24. The Morgan fingerprint density at radius 1 is 1.31 bits per heavy atom. The molecule has 0 aliphatic heterocycles. The molecule has 2 aromatic heterocycles. The number of nitrogens with zero attached hydrogens (tertiary/aromatic N) is 2. The molecule has 2 N–H and O–H groups in total. The average Bonchev–Trinajstić information content (AvgIpc) is 2.56. The van der Waals surface area contributed by atoms with E-state index in [1.165, 1.54) is 0 Å². The predicted octanol–water partition coefficient (Wildman–Crippen LogP) is 2.50. The third kappa shape index (κ3) is 1.57. The van der Waals surface area contributed by atoms with Gasteiger partial charge in [0.25, 0.3) is 0 Å². The first-order valence-electron chi connectivity index (χ1n) is 5.03. The molecule has 0 atom stereocenters. The van der Waals surface area contributed by atoms with E-state index in [1.54, 1.807) is 6.07 Å². The summed E-state index contributed by atoms with van der Waals surface area (Å²) in [6.45, 7) is 0. The lowest BCUT2D eigenvalue weighted by atomic mass is 9.82. The van der Waals surface area contributed by atoms with Crippen LogP contribution in [0.15, 0.2) is 6.07 Å². The van der Waals surface area contributed by atoms with Crippen LogP contribution >= 0.6 is 23.2 Å². The monoisotopic (exact) mass is 257 g/mol. The van der Waals surface area contributed by atoms with Gasteiger partial charge < -0.3 is 10.1 Å². The fourth-order valence-corrected chi connectivity index (χ4v) is 2.21. The van der Waals surface area contributed by atoms with Crippen LogP contribution in [0.1, 0.15) is 24.6 Å². The molecular weight excluding hydrogens is 249 g/mol. The van der Waals surface area contributed by atoms with Crippen molar-refractivity contribution in [1.29, 1.82) is 0 Å². The summed E-state index contributed by atoms with van der Waals surface area (Å²) in [6, 6.07) is 1.72. The standard InChI is InChI=1S/C10H9Cl2N3O/c11-6-3-7-10(14-8(6)12)15-9(13-7)4-1-5(16)2-4/h3-5,16H,1-2H2,(H,13,14,15). The third-order valence-corrected chi connectivity index (χ3v) is 3.58. The highest BCUT2D eigenvalue weighted by atomic mass is 35.5. The van der Waals surface area contributed by atoms with Gasteiger partial charge in [0.2, 0.25) is 0 Å². The van der Waals surface area contributed by atoms with Crippen LogP contribution in [0.2, 0.25) is 10.2 Å². The van der Waals surface area contributed by atoms with E-state index in [-0.39, 0.29) is 11.3 Å². The van der Waals surface area contributed by atoms with Crippen LogP contribution in [0, 0.1) is 0 Å². The van der Waals surface area contributed by atoms with E-state index in [0.717, 1.165) is 24.2 Å². The number of aliphatic hydroxyl groups is 1. The summed E-state index contributed by atoms with van der Waals surface area (Å²) in [4.78, 5) is 11.6. The van der Waals surface area contributed by atoms with Crippen LogP contribution in [-0.2, 0) is 0 Å². The van der Waals surface area contributed by atoms with Gasteiger partial charge in [-0.2, -0.15) is 0 Å². The van der Waals surface area contributed by atoms with E-state index >= 15 is 0 Å². The summed E-state index contributed by atoms with van der Waals surface area (Å²) in [5, 5.41) is 9.92. The molecule has 0 aromatic carbocycles. The first kappa shape index (κ1) is 10.3. The van der Waals surface area contributed by atoms with Gasteiger partial charge in [-0.05, 0) is 18.9 Å². The highest BCUT2D eigenvalue weighted by Gasteiger charge is 2.31. The van der Waals surface area contributed by atoms with E-state index in [1.807, 2.05) is 0 Å². The second-order valence-corrected chi connectivity index (χ2v) is 4.84. The van der Waals surface area contributed by atoms with E-state index in [2.05, 4.69) is 15.0 Å². The van der Waals surface area contributed by atoms with Gasteiger partial charge in [0.05, 0.1) is 16.6 Å². The lowest BCUT2D eigenvalue weighted by Crippen LogP contribution is -2.27. The van der Waals surface area contributed by atoms with Crippen LogP contribution in [0.4, 0.5) is 0 Å². The van der Waals surface area contributed by atoms with Gasteiger partial charge in [0.15, 0.2) is 5.65 Å². The Hall–Kier alpha value is -0.840. The minimum absolute atomic E-state index is 0.196. The predicted molar refractivity (Wildman–Crippen MR) is 61.9 cm³/mol. The molecule has 0 amide bonds. The molecular formula is C10H9Cl2N3O. The van der Waals surface area contributed by atoms with Crippen molar-refractivity contribution in [3.63, 3.8) is 0 Å². The molecule has 0 unspecified atom stereocenters. The van der Waals surface area contributed by atoms with Crippen molar-refractivity contribution in [3.05, 3.63) is 22.1 Å². The minimum atomic E-state index is -0.196. The van der Waals surface area contributed by atoms with Gasteiger partial charge in [-0.1, -0.05) is 23.2 Å². The average molecular weight is 258 g/mol. The third-order valence-electron chi connectivity index (χ3n) is 2.90. The second-order valence-electron chi connectivity index (χ2n) is 4.08. The lowest BCUT2D eigenvalue weighted by Gasteiger charge is -2.29. The molecule has 0 radical (unpaired) electrons. The van der Waals surface area contributed by atoms with Crippen LogP contribution < -0.4 is 0 Å². The zero-order chi connectivity index (χ0) is 11.3. The maximum Gasteiger partial charge on any atom is 0.179 e. The number of aromatic amines is 1. The van der Waals surface area contributed by atoms with Crippen molar-refractivity contribution in [2.24, 2.45) is 0 Å². The molecule has 0 bridgehead atoms. The van der Waals surface area contributed by atoms with Crippen LogP contribution in [-0.4, -0.2) is 26.2 Å². The van der Waals surface area contributed by atoms with Gasteiger partial charge in [-0.15, -0.1) is 0 Å². The summed E-state index contributed by atoms with van der Waals surface area (Å²) >= 11 is 11.7. The number of nitrogens with one attached hydrogen (secondary N) is 1. The molecule has 1 saturated carbocycles. The second kappa shape index (κ2) is 3.58. The number of aliphatic hydroxyl groups excluding tert-OH is 1. The van der Waals surface area contributed by atoms with Gasteiger partial charge in [-0.3, -0.25) is 0 Å². The SMILES string of the molecule is OC1CC(c2nc3nc(Cl)c(Cl)cc3[nH]2)C1.